The van der Waals surface area contributed by atoms with Gasteiger partial charge in [0, 0.05) is 37.5 Å². The van der Waals surface area contributed by atoms with E-state index in [9.17, 15) is 4.79 Å². The SMILES string of the molecule is CCC(=O)N1CCC(F)(Cc2ccc(-c3ccc4cccnc4c3C)cc2)CC1. The Bertz CT molecular complexity index is 1020. The molecule has 0 N–H and O–H groups in total. The van der Waals surface area contributed by atoms with E-state index in [2.05, 4.69) is 42.2 Å². The molecule has 0 atom stereocenters. The third-order valence-electron chi connectivity index (χ3n) is 6.13. The first kappa shape index (κ1) is 19.6. The molecule has 2 heterocycles. The van der Waals surface area contributed by atoms with Crippen LogP contribution in [0.4, 0.5) is 4.39 Å². The lowest BCUT2D eigenvalue weighted by Crippen LogP contribution is -2.45. The van der Waals surface area contributed by atoms with Gasteiger partial charge in [0.15, 0.2) is 0 Å². The van der Waals surface area contributed by atoms with Gasteiger partial charge < -0.3 is 4.90 Å². The molecule has 1 aliphatic heterocycles. The molecule has 3 nitrogen and oxygen atoms in total. The van der Waals surface area contributed by atoms with E-state index in [-0.39, 0.29) is 5.91 Å². The first-order valence-electron chi connectivity index (χ1n) is 10.4. The maximum atomic E-state index is 15.3. The molecule has 1 saturated heterocycles. The fourth-order valence-electron chi connectivity index (χ4n) is 4.33. The van der Waals surface area contributed by atoms with Gasteiger partial charge in [0.25, 0.3) is 0 Å². The number of pyridine rings is 1. The zero-order valence-electron chi connectivity index (χ0n) is 17.1. The Kier molecular flexibility index (Phi) is 5.35. The smallest absolute Gasteiger partial charge is 0.222 e. The number of carbonyl (C=O) groups is 1. The standard InChI is InChI=1S/C25H27FN2O/c1-3-23(29)28-15-12-25(26,13-16-28)17-19-6-8-20(9-7-19)22-11-10-21-5-4-14-27-24(21)18(22)2/h4-11,14H,3,12-13,15-17H2,1-2H3. The topological polar surface area (TPSA) is 33.2 Å². The molecular weight excluding hydrogens is 363 g/mol. The molecule has 0 saturated carbocycles. The normalized spacial score (nSPS) is 16.2. The lowest BCUT2D eigenvalue weighted by Gasteiger charge is -2.36. The van der Waals surface area contributed by atoms with Crippen LogP contribution in [0.15, 0.2) is 54.7 Å². The number of nitrogens with zero attached hydrogens (tertiary/aromatic N) is 2. The number of aromatic nitrogens is 1. The molecule has 0 spiro atoms. The number of amides is 1. The van der Waals surface area contributed by atoms with Crippen molar-refractivity contribution in [2.24, 2.45) is 0 Å². The Morgan fingerprint density at radius 3 is 2.52 bits per heavy atom. The highest BCUT2D eigenvalue weighted by molar-refractivity contribution is 5.88. The number of carbonyl (C=O) groups excluding carboxylic acids is 1. The van der Waals surface area contributed by atoms with Crippen molar-refractivity contribution in [1.82, 2.24) is 9.88 Å². The largest absolute Gasteiger partial charge is 0.342 e. The fraction of sp³-hybridized carbons (Fsp3) is 0.360. The van der Waals surface area contributed by atoms with Crippen molar-refractivity contribution in [2.75, 3.05) is 13.1 Å². The quantitative estimate of drug-likeness (QED) is 0.590. The van der Waals surface area contributed by atoms with Crippen molar-refractivity contribution in [3.63, 3.8) is 0 Å². The molecule has 1 aliphatic rings. The zero-order chi connectivity index (χ0) is 20.4. The van der Waals surface area contributed by atoms with E-state index in [1.165, 1.54) is 0 Å². The Balaban J connectivity index is 1.49. The molecular formula is C25H27FN2O. The predicted octanol–water partition coefficient (Wildman–Crippen LogP) is 5.49. The summed E-state index contributed by atoms with van der Waals surface area (Å²) in [4.78, 5) is 18.1. The average molecular weight is 391 g/mol. The maximum absolute atomic E-state index is 15.3. The molecule has 29 heavy (non-hydrogen) atoms. The van der Waals surface area contributed by atoms with Crippen molar-refractivity contribution >= 4 is 16.8 Å². The molecule has 0 aliphatic carbocycles. The number of hydrogen-bond acceptors (Lipinski definition) is 2. The monoisotopic (exact) mass is 390 g/mol. The summed E-state index contributed by atoms with van der Waals surface area (Å²) >= 11 is 0. The van der Waals surface area contributed by atoms with Gasteiger partial charge in [0.1, 0.15) is 5.67 Å². The van der Waals surface area contributed by atoms with Crippen molar-refractivity contribution < 1.29 is 9.18 Å². The Morgan fingerprint density at radius 2 is 1.83 bits per heavy atom. The minimum Gasteiger partial charge on any atom is -0.342 e. The summed E-state index contributed by atoms with van der Waals surface area (Å²) in [6.07, 6.45) is 3.54. The van der Waals surface area contributed by atoms with Crippen LogP contribution >= 0.6 is 0 Å². The highest BCUT2D eigenvalue weighted by Crippen LogP contribution is 2.33. The maximum Gasteiger partial charge on any atom is 0.222 e. The van der Waals surface area contributed by atoms with Gasteiger partial charge in [-0.15, -0.1) is 0 Å². The van der Waals surface area contributed by atoms with Gasteiger partial charge >= 0.3 is 0 Å². The van der Waals surface area contributed by atoms with Gasteiger partial charge in [-0.05, 0) is 48.1 Å². The highest BCUT2D eigenvalue weighted by atomic mass is 19.1. The van der Waals surface area contributed by atoms with Gasteiger partial charge in [-0.1, -0.05) is 49.4 Å². The van der Waals surface area contributed by atoms with Crippen LogP contribution in [0.3, 0.4) is 0 Å². The molecule has 0 bridgehead atoms. The molecule has 1 amide bonds. The summed E-state index contributed by atoms with van der Waals surface area (Å²) in [6.45, 7) is 4.99. The van der Waals surface area contributed by atoms with Gasteiger partial charge in [0.2, 0.25) is 5.91 Å². The summed E-state index contributed by atoms with van der Waals surface area (Å²) in [6, 6.07) is 16.5. The van der Waals surface area contributed by atoms with E-state index in [0.29, 0.717) is 38.8 Å². The van der Waals surface area contributed by atoms with Crippen LogP contribution in [-0.4, -0.2) is 34.5 Å². The van der Waals surface area contributed by atoms with Crippen molar-refractivity contribution in [1.29, 1.82) is 0 Å². The van der Waals surface area contributed by atoms with Crippen LogP contribution in [0.5, 0.6) is 0 Å². The minimum atomic E-state index is -1.23. The van der Waals surface area contributed by atoms with Crippen molar-refractivity contribution in [3.05, 3.63) is 65.9 Å². The number of rotatable bonds is 4. The molecule has 150 valence electrons. The zero-order valence-corrected chi connectivity index (χ0v) is 17.1. The molecule has 0 radical (unpaired) electrons. The Hall–Kier alpha value is -2.75. The number of likely N-dealkylation sites (tertiary alicyclic amines) is 1. The third kappa shape index (κ3) is 4.02. The van der Waals surface area contributed by atoms with Crippen molar-refractivity contribution in [3.8, 4) is 11.1 Å². The number of piperidine rings is 1. The predicted molar refractivity (Wildman–Crippen MR) is 116 cm³/mol. The van der Waals surface area contributed by atoms with E-state index in [4.69, 9.17) is 0 Å². The minimum absolute atomic E-state index is 0.122. The number of hydrogen-bond donors (Lipinski definition) is 0. The average Bonchev–Trinajstić information content (AvgIpc) is 2.75. The number of alkyl halides is 1. The molecule has 3 aromatic rings. The van der Waals surface area contributed by atoms with Gasteiger partial charge in [-0.3, -0.25) is 9.78 Å². The second kappa shape index (κ2) is 7.94. The third-order valence-corrected chi connectivity index (χ3v) is 6.13. The summed E-state index contributed by atoms with van der Waals surface area (Å²) in [5, 5.41) is 1.14. The Morgan fingerprint density at radius 1 is 1.10 bits per heavy atom. The van der Waals surface area contributed by atoms with Gasteiger partial charge in [-0.25, -0.2) is 4.39 Å². The molecule has 1 fully saturated rings. The van der Waals surface area contributed by atoms with Crippen LogP contribution in [0.1, 0.15) is 37.3 Å². The fourth-order valence-corrected chi connectivity index (χ4v) is 4.33. The van der Waals surface area contributed by atoms with Crippen LogP contribution in [0.2, 0.25) is 0 Å². The second-order valence-electron chi connectivity index (χ2n) is 8.07. The van der Waals surface area contributed by atoms with E-state index in [1.807, 2.05) is 31.3 Å². The van der Waals surface area contributed by atoms with Gasteiger partial charge in [-0.2, -0.15) is 0 Å². The summed E-state index contributed by atoms with van der Waals surface area (Å²) in [5.41, 5.74) is 4.23. The molecule has 4 rings (SSSR count). The number of halogens is 1. The van der Waals surface area contributed by atoms with Crippen LogP contribution in [-0.2, 0) is 11.2 Å². The summed E-state index contributed by atoms with van der Waals surface area (Å²) in [5.74, 6) is 0.122. The summed E-state index contributed by atoms with van der Waals surface area (Å²) < 4.78 is 15.3. The van der Waals surface area contributed by atoms with E-state index < -0.39 is 5.67 Å². The van der Waals surface area contributed by atoms with Crippen molar-refractivity contribution in [2.45, 2.75) is 45.2 Å². The molecule has 1 aromatic heterocycles. The molecule has 0 unspecified atom stereocenters. The highest BCUT2D eigenvalue weighted by Gasteiger charge is 2.35. The van der Waals surface area contributed by atoms with E-state index in [1.54, 1.807) is 4.90 Å². The number of aryl methyl sites for hydroxylation is 1. The number of fused-ring (bicyclic) bond motifs is 1. The molecule has 4 heteroatoms. The first-order chi connectivity index (χ1) is 14.0. The summed E-state index contributed by atoms with van der Waals surface area (Å²) in [7, 11) is 0. The van der Waals surface area contributed by atoms with E-state index >= 15 is 4.39 Å². The van der Waals surface area contributed by atoms with E-state index in [0.717, 1.165) is 33.2 Å². The van der Waals surface area contributed by atoms with Crippen LogP contribution < -0.4 is 0 Å². The Labute approximate surface area is 171 Å². The lowest BCUT2D eigenvalue weighted by atomic mass is 9.86. The van der Waals surface area contributed by atoms with Crippen LogP contribution in [0.25, 0.3) is 22.0 Å². The lowest BCUT2D eigenvalue weighted by molar-refractivity contribution is -0.133. The molecule has 2 aromatic carbocycles. The van der Waals surface area contributed by atoms with Gasteiger partial charge in [0.05, 0.1) is 5.52 Å². The number of benzene rings is 2. The first-order valence-corrected chi connectivity index (χ1v) is 10.4. The second-order valence-corrected chi connectivity index (χ2v) is 8.07. The van der Waals surface area contributed by atoms with Crippen LogP contribution in [0, 0.1) is 6.92 Å².